The van der Waals surface area contributed by atoms with E-state index in [1.54, 1.807) is 0 Å². The number of carboxylic acid groups (broad SMARTS) is 2. The molecule has 12 nitrogen and oxygen atoms in total. The Balaban J connectivity index is 1.54. The van der Waals surface area contributed by atoms with Gasteiger partial charge < -0.3 is 44.3 Å². The molecule has 0 aromatic heterocycles. The predicted octanol–water partition coefficient (Wildman–Crippen LogP) is 1.83. The number of benzene rings is 2. The van der Waals surface area contributed by atoms with Crippen LogP contribution in [-0.2, 0) is 33.3 Å². The van der Waals surface area contributed by atoms with Gasteiger partial charge in [-0.25, -0.2) is 9.59 Å². The number of amides is 1. The lowest BCUT2D eigenvalue weighted by molar-refractivity contribution is -0.346. The van der Waals surface area contributed by atoms with E-state index in [4.69, 9.17) is 23.7 Å². The first-order valence-corrected chi connectivity index (χ1v) is 12.6. The Morgan fingerprint density at radius 1 is 1.10 bits per heavy atom. The summed E-state index contributed by atoms with van der Waals surface area (Å²) >= 11 is 0. The maximum absolute atomic E-state index is 12.2. The molecule has 2 aliphatic heterocycles. The van der Waals surface area contributed by atoms with Crippen molar-refractivity contribution in [1.29, 1.82) is 0 Å². The SMILES string of the molecule is C=C(CO[C@@H]1[C@H](NC(C)=O)[C@H](OCC#Cc2ccc(O)c(C(=O)O)c2)O[C@@H]2CO[C@@H](c3ccccc3)O[C@@H]12)C(=O)O. The Hall–Kier alpha value is -4.25. The molecule has 2 aromatic rings. The van der Waals surface area contributed by atoms with E-state index in [2.05, 4.69) is 23.7 Å². The molecular weight excluding hydrogens is 538 g/mol. The van der Waals surface area contributed by atoms with Gasteiger partial charge in [0.05, 0.1) is 18.8 Å². The number of rotatable bonds is 9. The number of nitrogens with one attached hydrogen (secondary N) is 1. The van der Waals surface area contributed by atoms with Crippen molar-refractivity contribution in [3.8, 4) is 17.6 Å². The molecule has 2 saturated heterocycles. The van der Waals surface area contributed by atoms with Crippen LogP contribution in [0.3, 0.4) is 0 Å². The summed E-state index contributed by atoms with van der Waals surface area (Å²) in [5.74, 6) is 2.18. The van der Waals surface area contributed by atoms with Crippen molar-refractivity contribution in [2.45, 2.75) is 43.9 Å². The van der Waals surface area contributed by atoms with Crippen molar-refractivity contribution in [3.63, 3.8) is 0 Å². The molecule has 4 N–H and O–H groups in total. The molecule has 0 unspecified atom stereocenters. The summed E-state index contributed by atoms with van der Waals surface area (Å²) in [5.41, 5.74) is 0.601. The van der Waals surface area contributed by atoms with Crippen molar-refractivity contribution >= 4 is 17.8 Å². The minimum Gasteiger partial charge on any atom is -0.507 e. The van der Waals surface area contributed by atoms with E-state index in [1.165, 1.54) is 25.1 Å². The summed E-state index contributed by atoms with van der Waals surface area (Å²) in [6, 6.07) is 12.2. The Labute approximate surface area is 235 Å². The molecule has 216 valence electrons. The lowest BCUT2D eigenvalue weighted by Crippen LogP contribution is -2.67. The molecule has 6 atom stereocenters. The highest BCUT2D eigenvalue weighted by molar-refractivity contribution is 5.91. The molecule has 12 heteroatoms. The Kier molecular flexibility index (Phi) is 9.72. The highest BCUT2D eigenvalue weighted by atomic mass is 16.7. The lowest BCUT2D eigenvalue weighted by atomic mass is 9.95. The summed E-state index contributed by atoms with van der Waals surface area (Å²) < 4.78 is 30.0. The van der Waals surface area contributed by atoms with E-state index in [-0.39, 0.29) is 36.7 Å². The first-order valence-electron chi connectivity index (χ1n) is 12.6. The zero-order valence-electron chi connectivity index (χ0n) is 22.0. The van der Waals surface area contributed by atoms with Gasteiger partial charge in [-0.05, 0) is 18.2 Å². The number of aromatic carboxylic acids is 1. The summed E-state index contributed by atoms with van der Waals surface area (Å²) in [6.07, 6.45) is -4.23. The zero-order valence-corrected chi connectivity index (χ0v) is 22.0. The number of fused-ring (bicyclic) bond motifs is 1. The molecule has 2 aromatic carbocycles. The maximum atomic E-state index is 12.2. The van der Waals surface area contributed by atoms with Gasteiger partial charge in [-0.3, -0.25) is 4.79 Å². The highest BCUT2D eigenvalue weighted by Crippen LogP contribution is 2.36. The van der Waals surface area contributed by atoms with Crippen LogP contribution in [0, 0.1) is 11.8 Å². The molecule has 0 saturated carbocycles. The van der Waals surface area contributed by atoms with E-state index >= 15 is 0 Å². The van der Waals surface area contributed by atoms with Crippen LogP contribution in [0.15, 0.2) is 60.7 Å². The van der Waals surface area contributed by atoms with Gasteiger partial charge in [0.25, 0.3) is 0 Å². The van der Waals surface area contributed by atoms with E-state index in [1.807, 2.05) is 30.3 Å². The molecular formula is C29H29NO11. The van der Waals surface area contributed by atoms with Gasteiger partial charge in [0.1, 0.15) is 42.3 Å². The van der Waals surface area contributed by atoms with Crippen molar-refractivity contribution < 1.29 is 53.4 Å². The van der Waals surface area contributed by atoms with E-state index < -0.39 is 54.8 Å². The number of carbonyl (C=O) groups excluding carboxylic acids is 1. The Bertz CT molecular complexity index is 1350. The number of aliphatic carboxylic acids is 1. The van der Waals surface area contributed by atoms with Gasteiger partial charge in [0, 0.05) is 18.1 Å². The molecule has 4 rings (SSSR count). The number of carboxylic acids is 2. The maximum Gasteiger partial charge on any atom is 0.339 e. The smallest absolute Gasteiger partial charge is 0.339 e. The molecule has 41 heavy (non-hydrogen) atoms. The van der Waals surface area contributed by atoms with Crippen LogP contribution in [0.4, 0.5) is 0 Å². The van der Waals surface area contributed by atoms with Crippen LogP contribution in [0.25, 0.3) is 0 Å². The van der Waals surface area contributed by atoms with Crippen molar-refractivity contribution in [3.05, 3.63) is 77.4 Å². The van der Waals surface area contributed by atoms with Crippen molar-refractivity contribution in [1.82, 2.24) is 5.32 Å². The minimum absolute atomic E-state index is 0.0910. The average molecular weight is 568 g/mol. The second-order valence-electron chi connectivity index (χ2n) is 9.28. The Morgan fingerprint density at radius 2 is 1.85 bits per heavy atom. The summed E-state index contributed by atoms with van der Waals surface area (Å²) in [5, 5.41) is 30.9. The fourth-order valence-corrected chi connectivity index (χ4v) is 4.39. The molecule has 2 aliphatic rings. The topological polar surface area (TPSA) is 170 Å². The predicted molar refractivity (Wildman–Crippen MR) is 141 cm³/mol. The fraction of sp³-hybridized carbons (Fsp3) is 0.345. The molecule has 2 fully saturated rings. The number of aromatic hydroxyl groups is 1. The molecule has 2 heterocycles. The first-order chi connectivity index (χ1) is 19.6. The number of carbonyl (C=O) groups is 3. The van der Waals surface area contributed by atoms with Crippen LogP contribution in [0.2, 0.25) is 0 Å². The van der Waals surface area contributed by atoms with E-state index in [0.29, 0.717) is 5.56 Å². The van der Waals surface area contributed by atoms with E-state index in [9.17, 15) is 29.7 Å². The molecule has 0 spiro atoms. The highest BCUT2D eigenvalue weighted by Gasteiger charge is 2.51. The van der Waals surface area contributed by atoms with Gasteiger partial charge in [-0.1, -0.05) is 48.8 Å². The van der Waals surface area contributed by atoms with Crippen LogP contribution < -0.4 is 5.32 Å². The van der Waals surface area contributed by atoms with Crippen LogP contribution in [0.1, 0.15) is 34.7 Å². The number of ether oxygens (including phenoxy) is 5. The Morgan fingerprint density at radius 3 is 2.54 bits per heavy atom. The summed E-state index contributed by atoms with van der Waals surface area (Å²) in [7, 11) is 0. The minimum atomic E-state index is -1.30. The number of hydrogen-bond donors (Lipinski definition) is 4. The standard InChI is InChI=1S/C29H29NO11/c1-16(26(33)34)14-38-25-23(30-17(2)31)29(37-12-6-7-18-10-11-21(32)20(13-18)27(35)36)40-22-15-39-28(41-24(22)25)19-8-4-3-5-9-19/h3-5,8-11,13,22-25,28-29,32H,1,12,14-15H2,2H3,(H,30,31)(H,33,34)(H,35,36)/t22-,23+,24-,25-,28-,29-/m1/s1. The van der Waals surface area contributed by atoms with Gasteiger partial charge in [0.2, 0.25) is 5.91 Å². The third kappa shape index (κ3) is 7.49. The van der Waals surface area contributed by atoms with Gasteiger partial charge >= 0.3 is 11.9 Å². The fourth-order valence-electron chi connectivity index (χ4n) is 4.39. The zero-order chi connectivity index (χ0) is 29.5. The van der Waals surface area contributed by atoms with E-state index in [0.717, 1.165) is 5.56 Å². The summed E-state index contributed by atoms with van der Waals surface area (Å²) in [6.45, 7) is 4.37. The molecule has 0 radical (unpaired) electrons. The monoisotopic (exact) mass is 567 g/mol. The molecule has 1 amide bonds. The lowest BCUT2D eigenvalue weighted by Gasteiger charge is -2.49. The third-order valence-corrected chi connectivity index (χ3v) is 6.31. The second-order valence-corrected chi connectivity index (χ2v) is 9.28. The molecule has 0 bridgehead atoms. The second kappa shape index (κ2) is 13.4. The van der Waals surface area contributed by atoms with Gasteiger partial charge in [0.15, 0.2) is 12.6 Å². The van der Waals surface area contributed by atoms with Crippen molar-refractivity contribution in [2.24, 2.45) is 0 Å². The van der Waals surface area contributed by atoms with Crippen LogP contribution in [-0.4, -0.2) is 83.6 Å². The summed E-state index contributed by atoms with van der Waals surface area (Å²) in [4.78, 5) is 34.8. The largest absolute Gasteiger partial charge is 0.507 e. The quantitative estimate of drug-likeness (QED) is 0.257. The third-order valence-electron chi connectivity index (χ3n) is 6.31. The van der Waals surface area contributed by atoms with Gasteiger partial charge in [-0.2, -0.15) is 0 Å². The average Bonchev–Trinajstić information content (AvgIpc) is 2.95. The van der Waals surface area contributed by atoms with Crippen molar-refractivity contribution in [2.75, 3.05) is 19.8 Å². The number of phenols is 1. The van der Waals surface area contributed by atoms with Crippen LogP contribution in [0.5, 0.6) is 5.75 Å². The number of hydrogen-bond acceptors (Lipinski definition) is 9. The normalized spacial score (nSPS) is 25.2. The first kappa shape index (κ1) is 29.7. The van der Waals surface area contributed by atoms with Gasteiger partial charge in [-0.15, -0.1) is 0 Å². The molecule has 0 aliphatic carbocycles. The van der Waals surface area contributed by atoms with Crippen LogP contribution >= 0.6 is 0 Å².